The van der Waals surface area contributed by atoms with Crippen molar-refractivity contribution in [2.75, 3.05) is 0 Å². The van der Waals surface area contributed by atoms with Gasteiger partial charge in [-0.1, -0.05) is 23.2 Å². The summed E-state index contributed by atoms with van der Waals surface area (Å²) in [5.41, 5.74) is -2.77. The molecule has 0 aliphatic carbocycles. The van der Waals surface area contributed by atoms with Gasteiger partial charge in [-0.05, 0) is 12.1 Å². The monoisotopic (exact) mass is 392 g/mol. The molecule has 0 aliphatic rings. The van der Waals surface area contributed by atoms with Crippen molar-refractivity contribution < 1.29 is 34.9 Å². The van der Waals surface area contributed by atoms with E-state index >= 15 is 0 Å². The molecule has 0 spiro atoms. The molecule has 2 aromatic rings. The van der Waals surface area contributed by atoms with Crippen molar-refractivity contribution in [1.82, 2.24) is 0 Å². The van der Waals surface area contributed by atoms with Crippen LogP contribution in [-0.2, 0) is 10.1 Å². The molecule has 0 fully saturated rings. The summed E-state index contributed by atoms with van der Waals surface area (Å²) in [5, 5.41) is -1.25. The third-order valence-corrected chi connectivity index (χ3v) is 4.49. The van der Waals surface area contributed by atoms with Crippen molar-refractivity contribution in [3.63, 3.8) is 0 Å². The largest absolute Gasteiger partial charge is 0.295 e. The van der Waals surface area contributed by atoms with Gasteiger partial charge in [0.25, 0.3) is 10.1 Å². The summed E-state index contributed by atoms with van der Waals surface area (Å²) in [6.45, 7) is 0. The fourth-order valence-electron chi connectivity index (χ4n) is 1.81. The van der Waals surface area contributed by atoms with E-state index in [1.165, 1.54) is 0 Å². The van der Waals surface area contributed by atoms with Gasteiger partial charge in [0.15, 0.2) is 23.3 Å². The highest BCUT2D eigenvalue weighted by atomic mass is 35.5. The van der Waals surface area contributed by atoms with Gasteiger partial charge in [0.1, 0.15) is 4.90 Å². The van der Waals surface area contributed by atoms with Crippen LogP contribution in [0.3, 0.4) is 0 Å². The van der Waals surface area contributed by atoms with Crippen LogP contribution >= 0.6 is 23.2 Å². The Morgan fingerprint density at radius 3 is 1.65 bits per heavy atom. The average Bonchev–Trinajstić information content (AvgIpc) is 2.46. The molecule has 11 heteroatoms. The Bertz CT molecular complexity index is 902. The van der Waals surface area contributed by atoms with Crippen molar-refractivity contribution in [3.8, 4) is 11.1 Å². The van der Waals surface area contributed by atoms with Crippen LogP contribution in [0.15, 0.2) is 17.0 Å². The Labute approximate surface area is 136 Å². The van der Waals surface area contributed by atoms with E-state index in [1.807, 2.05) is 0 Å². The smallest absolute Gasteiger partial charge is 0.282 e. The number of halogens is 7. The first-order valence-electron chi connectivity index (χ1n) is 5.45. The standard InChI is InChI=1S/C12H3Cl2F5O3S/c13-3-1-2-4(23(20,21)22)5(7(3)14)6-8(15)10(17)12(19)11(18)9(6)16/h1-2H,(H,20,21,22). The predicted molar refractivity (Wildman–Crippen MR) is 71.5 cm³/mol. The van der Waals surface area contributed by atoms with Crippen LogP contribution in [0.25, 0.3) is 11.1 Å². The second-order valence-corrected chi connectivity index (χ2v) is 6.33. The maximum atomic E-state index is 13.9. The van der Waals surface area contributed by atoms with Crippen molar-refractivity contribution in [2.24, 2.45) is 0 Å². The number of hydrogen-bond donors (Lipinski definition) is 1. The average molecular weight is 393 g/mol. The first-order chi connectivity index (χ1) is 10.5. The van der Waals surface area contributed by atoms with Crippen LogP contribution in [0, 0.1) is 29.1 Å². The minimum absolute atomic E-state index is 0.432. The fraction of sp³-hybridized carbons (Fsp3) is 0. The molecule has 0 aliphatic heterocycles. The maximum Gasteiger partial charge on any atom is 0.295 e. The lowest BCUT2D eigenvalue weighted by Gasteiger charge is -2.14. The van der Waals surface area contributed by atoms with Crippen LogP contribution in [0.4, 0.5) is 22.0 Å². The Morgan fingerprint density at radius 1 is 0.783 bits per heavy atom. The van der Waals surface area contributed by atoms with Crippen LogP contribution in [-0.4, -0.2) is 13.0 Å². The molecule has 0 saturated carbocycles. The Kier molecular flexibility index (Phi) is 4.60. The lowest BCUT2D eigenvalue weighted by atomic mass is 10.0. The van der Waals surface area contributed by atoms with E-state index in [0.717, 1.165) is 6.07 Å². The first-order valence-corrected chi connectivity index (χ1v) is 7.65. The van der Waals surface area contributed by atoms with E-state index in [4.69, 9.17) is 27.8 Å². The molecule has 0 radical (unpaired) electrons. The molecule has 0 unspecified atom stereocenters. The van der Waals surface area contributed by atoms with Gasteiger partial charge in [-0.15, -0.1) is 0 Å². The summed E-state index contributed by atoms with van der Waals surface area (Å²) in [7, 11) is -5.11. The topological polar surface area (TPSA) is 54.4 Å². The highest BCUT2D eigenvalue weighted by Gasteiger charge is 2.32. The zero-order valence-electron chi connectivity index (χ0n) is 10.5. The van der Waals surface area contributed by atoms with Crippen molar-refractivity contribution >= 4 is 33.3 Å². The summed E-state index contributed by atoms with van der Waals surface area (Å²) >= 11 is 11.2. The van der Waals surface area contributed by atoms with Gasteiger partial charge in [0.05, 0.1) is 15.6 Å². The quantitative estimate of drug-likeness (QED) is 0.351. The summed E-state index contributed by atoms with van der Waals surface area (Å²) in [6, 6.07) is 1.47. The van der Waals surface area contributed by atoms with E-state index < -0.39 is 65.3 Å². The summed E-state index contributed by atoms with van der Waals surface area (Å²) in [4.78, 5) is -1.17. The summed E-state index contributed by atoms with van der Waals surface area (Å²) < 4.78 is 99.1. The maximum absolute atomic E-state index is 13.9. The molecule has 3 nitrogen and oxygen atoms in total. The van der Waals surface area contributed by atoms with Gasteiger partial charge in [-0.2, -0.15) is 8.42 Å². The van der Waals surface area contributed by atoms with Gasteiger partial charge in [0.2, 0.25) is 5.82 Å². The van der Waals surface area contributed by atoms with E-state index in [1.54, 1.807) is 0 Å². The molecule has 23 heavy (non-hydrogen) atoms. The minimum atomic E-state index is -5.11. The van der Waals surface area contributed by atoms with Gasteiger partial charge >= 0.3 is 0 Å². The van der Waals surface area contributed by atoms with E-state index in [9.17, 15) is 30.4 Å². The van der Waals surface area contributed by atoms with Crippen LogP contribution < -0.4 is 0 Å². The van der Waals surface area contributed by atoms with Crippen LogP contribution in [0.5, 0.6) is 0 Å². The molecule has 124 valence electrons. The van der Waals surface area contributed by atoms with E-state index in [2.05, 4.69) is 0 Å². The molecular weight excluding hydrogens is 390 g/mol. The number of hydrogen-bond acceptors (Lipinski definition) is 2. The van der Waals surface area contributed by atoms with Crippen molar-refractivity contribution in [1.29, 1.82) is 0 Å². The van der Waals surface area contributed by atoms with E-state index in [-0.39, 0.29) is 0 Å². The van der Waals surface area contributed by atoms with E-state index in [0.29, 0.717) is 6.07 Å². The molecular formula is C12H3Cl2F5O3S. The molecule has 0 amide bonds. The lowest BCUT2D eigenvalue weighted by Crippen LogP contribution is -2.08. The third-order valence-electron chi connectivity index (χ3n) is 2.79. The summed E-state index contributed by atoms with van der Waals surface area (Å²) in [6.07, 6.45) is 0. The minimum Gasteiger partial charge on any atom is -0.282 e. The summed E-state index contributed by atoms with van der Waals surface area (Å²) in [5.74, 6) is -11.7. The fourth-order valence-corrected chi connectivity index (χ4v) is 2.98. The molecule has 0 bridgehead atoms. The van der Waals surface area contributed by atoms with Gasteiger partial charge in [-0.25, -0.2) is 22.0 Å². The molecule has 0 atom stereocenters. The van der Waals surface area contributed by atoms with Gasteiger partial charge < -0.3 is 0 Å². The number of rotatable bonds is 2. The molecule has 1 N–H and O–H groups in total. The highest BCUT2D eigenvalue weighted by Crippen LogP contribution is 2.42. The molecule has 2 aromatic carbocycles. The van der Waals surface area contributed by atoms with Crippen LogP contribution in [0.2, 0.25) is 10.0 Å². The second-order valence-electron chi connectivity index (χ2n) is 4.15. The molecule has 0 saturated heterocycles. The zero-order chi connectivity index (χ0) is 17.7. The first kappa shape index (κ1) is 17.9. The highest BCUT2D eigenvalue weighted by molar-refractivity contribution is 7.86. The third kappa shape index (κ3) is 2.89. The lowest BCUT2D eigenvalue weighted by molar-refractivity contribution is 0.381. The predicted octanol–water partition coefficient (Wildman–Crippen LogP) is 4.60. The Balaban J connectivity index is 3.08. The van der Waals surface area contributed by atoms with Gasteiger partial charge in [-0.3, -0.25) is 4.55 Å². The van der Waals surface area contributed by atoms with Crippen molar-refractivity contribution in [2.45, 2.75) is 4.90 Å². The Hall–Kier alpha value is -1.42. The second kappa shape index (κ2) is 5.90. The molecule has 2 rings (SSSR count). The van der Waals surface area contributed by atoms with Gasteiger partial charge in [0, 0.05) is 5.56 Å². The van der Waals surface area contributed by atoms with Crippen LogP contribution in [0.1, 0.15) is 0 Å². The molecule has 0 heterocycles. The SMILES string of the molecule is O=S(=O)(O)c1ccc(Cl)c(Cl)c1-c1c(F)c(F)c(F)c(F)c1F. The Morgan fingerprint density at radius 2 is 1.22 bits per heavy atom. The zero-order valence-corrected chi connectivity index (χ0v) is 12.8. The van der Waals surface area contributed by atoms with Crippen molar-refractivity contribution in [3.05, 3.63) is 51.3 Å². The normalized spacial score (nSPS) is 11.8. The number of benzene rings is 2. The molecule has 0 aromatic heterocycles.